The zero-order valence-electron chi connectivity index (χ0n) is 22.8. The second-order valence-electron chi connectivity index (χ2n) is 9.76. The van der Waals surface area contributed by atoms with Crippen LogP contribution >= 0.6 is 11.6 Å². The van der Waals surface area contributed by atoms with Gasteiger partial charge in [0.25, 0.3) is 5.69 Å². The molecule has 0 spiro atoms. The van der Waals surface area contributed by atoms with Crippen molar-refractivity contribution in [1.29, 1.82) is 0 Å². The van der Waals surface area contributed by atoms with Crippen LogP contribution in [0.3, 0.4) is 0 Å². The number of nitrogens with zero attached hydrogens (tertiary/aromatic N) is 4. The Morgan fingerprint density at radius 2 is 1.80 bits per heavy atom. The van der Waals surface area contributed by atoms with E-state index in [0.717, 1.165) is 29.0 Å². The number of amides is 1. The highest BCUT2D eigenvalue weighted by Gasteiger charge is 2.31. The molecule has 0 N–H and O–H groups in total. The van der Waals surface area contributed by atoms with Gasteiger partial charge in [0, 0.05) is 32.2 Å². The standard InChI is InChI=1S/C28H33ClN4O7S/c1-22-8-9-24(40-22)20-31(19-23-6-3-2-4-7-23)28(34)21-32(13-5-12-30-14-16-39-17-15-30)41(37,38)25-10-11-26(29)27(18-25)33(35)36/h2-4,6-11,18H,5,12-17,19-21H2,1H3. The Hall–Kier alpha value is -3.29. The molecule has 1 fully saturated rings. The predicted molar refractivity (Wildman–Crippen MR) is 153 cm³/mol. The van der Waals surface area contributed by atoms with E-state index < -0.39 is 33.1 Å². The molecule has 1 aliphatic heterocycles. The summed E-state index contributed by atoms with van der Waals surface area (Å²) in [7, 11) is -4.29. The van der Waals surface area contributed by atoms with Gasteiger partial charge in [-0.15, -0.1) is 0 Å². The number of nitro groups is 1. The van der Waals surface area contributed by atoms with Crippen LogP contribution in [0, 0.1) is 17.0 Å². The number of morpholine rings is 1. The number of ether oxygens (including phenoxy) is 1. The SMILES string of the molecule is Cc1ccc(CN(Cc2ccccc2)C(=O)CN(CCCN2CCOCC2)S(=O)(=O)c2ccc(Cl)c([N+](=O)[O-])c2)o1. The largest absolute Gasteiger partial charge is 0.464 e. The molecule has 0 saturated carbocycles. The molecule has 0 radical (unpaired) electrons. The highest BCUT2D eigenvalue weighted by atomic mass is 35.5. The lowest BCUT2D eigenvalue weighted by Gasteiger charge is -2.29. The molecule has 0 atom stereocenters. The summed E-state index contributed by atoms with van der Waals surface area (Å²) < 4.78 is 39.8. The van der Waals surface area contributed by atoms with Crippen molar-refractivity contribution in [2.45, 2.75) is 31.3 Å². The Bertz CT molecular complexity index is 1440. The Morgan fingerprint density at radius 3 is 2.46 bits per heavy atom. The minimum atomic E-state index is -4.29. The van der Waals surface area contributed by atoms with Gasteiger partial charge in [-0.1, -0.05) is 41.9 Å². The van der Waals surface area contributed by atoms with Gasteiger partial charge in [-0.2, -0.15) is 4.31 Å². The number of rotatable bonds is 13. The number of nitro benzene ring substituents is 1. The van der Waals surface area contributed by atoms with E-state index in [4.69, 9.17) is 20.8 Å². The van der Waals surface area contributed by atoms with Crippen molar-refractivity contribution in [1.82, 2.24) is 14.1 Å². The summed E-state index contributed by atoms with van der Waals surface area (Å²) in [6, 6.07) is 16.3. The average Bonchev–Trinajstić information content (AvgIpc) is 3.37. The lowest BCUT2D eigenvalue weighted by molar-refractivity contribution is -0.384. The third-order valence-corrected chi connectivity index (χ3v) is 8.92. The van der Waals surface area contributed by atoms with Crippen LogP contribution in [-0.4, -0.2) is 79.3 Å². The minimum absolute atomic E-state index is 0.0426. The Balaban J connectivity index is 1.60. The third-order valence-electron chi connectivity index (χ3n) is 6.76. The maximum Gasteiger partial charge on any atom is 0.289 e. The summed E-state index contributed by atoms with van der Waals surface area (Å²) in [4.78, 5) is 27.9. The van der Waals surface area contributed by atoms with Crippen molar-refractivity contribution >= 4 is 33.2 Å². The van der Waals surface area contributed by atoms with Gasteiger partial charge in [0.2, 0.25) is 15.9 Å². The molecule has 1 aromatic heterocycles. The van der Waals surface area contributed by atoms with E-state index in [1.54, 1.807) is 24.0 Å². The van der Waals surface area contributed by atoms with Crippen molar-refractivity contribution in [3.05, 3.63) is 92.9 Å². The second-order valence-corrected chi connectivity index (χ2v) is 12.1. The Morgan fingerprint density at radius 1 is 1.07 bits per heavy atom. The fraction of sp³-hybridized carbons (Fsp3) is 0.393. The van der Waals surface area contributed by atoms with Gasteiger partial charge in [0.15, 0.2) is 0 Å². The lowest BCUT2D eigenvalue weighted by Crippen LogP contribution is -2.44. The van der Waals surface area contributed by atoms with Crippen LogP contribution in [0.4, 0.5) is 5.69 Å². The highest BCUT2D eigenvalue weighted by Crippen LogP contribution is 2.29. The van der Waals surface area contributed by atoms with Crippen molar-refractivity contribution in [3.8, 4) is 0 Å². The first-order valence-corrected chi connectivity index (χ1v) is 15.1. The molecule has 220 valence electrons. The zero-order valence-corrected chi connectivity index (χ0v) is 24.3. The summed E-state index contributed by atoms with van der Waals surface area (Å²) in [5.41, 5.74) is 0.352. The molecular formula is C28H33ClN4O7S. The van der Waals surface area contributed by atoms with Gasteiger partial charge in [0.05, 0.1) is 36.1 Å². The maximum atomic E-state index is 13.8. The number of aryl methyl sites for hydroxylation is 1. The molecule has 1 aliphatic rings. The number of carbonyl (C=O) groups excluding carboxylic acids is 1. The summed E-state index contributed by atoms with van der Waals surface area (Å²) >= 11 is 5.94. The van der Waals surface area contributed by atoms with Gasteiger partial charge in [-0.05, 0) is 49.7 Å². The van der Waals surface area contributed by atoms with Crippen LogP contribution in [0.5, 0.6) is 0 Å². The first kappa shape index (κ1) is 30.7. The number of hydrogen-bond acceptors (Lipinski definition) is 8. The van der Waals surface area contributed by atoms with E-state index >= 15 is 0 Å². The summed E-state index contributed by atoms with van der Waals surface area (Å²) in [5, 5.41) is 11.3. The normalized spacial score (nSPS) is 14.3. The number of halogens is 1. The zero-order chi connectivity index (χ0) is 29.4. The fourth-order valence-corrected chi connectivity index (χ4v) is 6.20. The summed E-state index contributed by atoms with van der Waals surface area (Å²) in [6.45, 7) is 5.10. The number of hydrogen-bond donors (Lipinski definition) is 0. The molecule has 4 rings (SSSR count). The first-order chi connectivity index (χ1) is 19.6. The molecule has 1 amide bonds. The number of benzene rings is 2. The van der Waals surface area contributed by atoms with Crippen LogP contribution in [0.2, 0.25) is 5.02 Å². The fourth-order valence-electron chi connectivity index (χ4n) is 4.57. The van der Waals surface area contributed by atoms with Crippen LogP contribution in [0.1, 0.15) is 23.5 Å². The minimum Gasteiger partial charge on any atom is -0.464 e. The van der Waals surface area contributed by atoms with Crippen molar-refractivity contribution in [2.24, 2.45) is 0 Å². The van der Waals surface area contributed by atoms with Gasteiger partial charge in [0.1, 0.15) is 16.5 Å². The van der Waals surface area contributed by atoms with Gasteiger partial charge in [-0.25, -0.2) is 8.42 Å². The topological polar surface area (TPSA) is 126 Å². The molecule has 1 saturated heterocycles. The molecule has 2 heterocycles. The van der Waals surface area contributed by atoms with Crippen LogP contribution < -0.4 is 0 Å². The number of carbonyl (C=O) groups is 1. The van der Waals surface area contributed by atoms with Gasteiger partial charge in [-0.3, -0.25) is 19.8 Å². The highest BCUT2D eigenvalue weighted by molar-refractivity contribution is 7.89. The van der Waals surface area contributed by atoms with Crippen molar-refractivity contribution in [3.63, 3.8) is 0 Å². The Labute approximate surface area is 244 Å². The van der Waals surface area contributed by atoms with Crippen molar-refractivity contribution < 1.29 is 27.3 Å². The third kappa shape index (κ3) is 8.37. The van der Waals surface area contributed by atoms with E-state index in [1.165, 1.54) is 12.1 Å². The molecule has 0 bridgehead atoms. The average molecular weight is 605 g/mol. The monoisotopic (exact) mass is 604 g/mol. The van der Waals surface area contributed by atoms with Crippen LogP contribution in [0.15, 0.2) is 70.0 Å². The van der Waals surface area contributed by atoms with Crippen LogP contribution in [0.25, 0.3) is 0 Å². The van der Waals surface area contributed by atoms with E-state index in [2.05, 4.69) is 4.90 Å². The summed E-state index contributed by atoms with van der Waals surface area (Å²) in [5.74, 6) is 0.840. The lowest BCUT2D eigenvalue weighted by atomic mass is 10.2. The molecular weight excluding hydrogens is 572 g/mol. The van der Waals surface area contributed by atoms with Gasteiger partial charge >= 0.3 is 0 Å². The molecule has 11 nitrogen and oxygen atoms in total. The maximum absolute atomic E-state index is 13.8. The molecule has 13 heteroatoms. The molecule has 0 unspecified atom stereocenters. The predicted octanol–water partition coefficient (Wildman–Crippen LogP) is 4.09. The van der Waals surface area contributed by atoms with E-state index in [0.29, 0.717) is 37.7 Å². The first-order valence-electron chi connectivity index (χ1n) is 13.2. The molecule has 0 aliphatic carbocycles. The quantitative estimate of drug-likeness (QED) is 0.211. The smallest absolute Gasteiger partial charge is 0.289 e. The molecule has 3 aromatic rings. The van der Waals surface area contributed by atoms with Crippen molar-refractivity contribution in [2.75, 3.05) is 45.9 Å². The van der Waals surface area contributed by atoms with Gasteiger partial charge < -0.3 is 14.1 Å². The van der Waals surface area contributed by atoms with Crippen LogP contribution in [-0.2, 0) is 32.6 Å². The summed E-state index contributed by atoms with van der Waals surface area (Å²) in [6.07, 6.45) is 0.457. The Kier molecular flexibility index (Phi) is 10.5. The van der Waals surface area contributed by atoms with E-state index in [1.807, 2.05) is 30.3 Å². The number of sulfonamides is 1. The molecule has 41 heavy (non-hydrogen) atoms. The number of furan rings is 1. The second kappa shape index (κ2) is 14.1. The molecule has 2 aromatic carbocycles. The van der Waals surface area contributed by atoms with E-state index in [9.17, 15) is 23.3 Å². The van der Waals surface area contributed by atoms with E-state index in [-0.39, 0.29) is 29.6 Å².